The summed E-state index contributed by atoms with van der Waals surface area (Å²) in [6.45, 7) is 0.735. The van der Waals surface area contributed by atoms with E-state index in [0.717, 1.165) is 5.56 Å². The Kier molecular flexibility index (Phi) is 6.79. The van der Waals surface area contributed by atoms with Gasteiger partial charge in [0.25, 0.3) is 6.43 Å². The first-order valence-electron chi connectivity index (χ1n) is 5.81. The average molecular weight is 270 g/mol. The monoisotopic (exact) mass is 270 g/mol. The van der Waals surface area contributed by atoms with Crippen molar-refractivity contribution in [3.05, 3.63) is 29.3 Å². The van der Waals surface area contributed by atoms with Crippen molar-refractivity contribution < 1.29 is 18.3 Å². The number of hydrogen-bond donors (Lipinski definition) is 1. The molecule has 0 aliphatic heterocycles. The van der Waals surface area contributed by atoms with Crippen molar-refractivity contribution in [3.8, 4) is 11.8 Å². The smallest absolute Gasteiger partial charge is 0.261 e. The first-order chi connectivity index (χ1) is 9.17. The highest BCUT2D eigenvalue weighted by Gasteiger charge is 2.04. The number of alkyl halides is 2. The van der Waals surface area contributed by atoms with Crippen LogP contribution in [0, 0.1) is 11.3 Å². The van der Waals surface area contributed by atoms with Crippen LogP contribution in [0.3, 0.4) is 0 Å². The van der Waals surface area contributed by atoms with Gasteiger partial charge in [-0.3, -0.25) is 0 Å². The Bertz CT molecular complexity index is 433. The second-order valence-corrected chi connectivity index (χ2v) is 3.79. The number of nitriles is 1. The Hall–Kier alpha value is -1.71. The number of hydrogen-bond acceptors (Lipinski definition) is 4. The summed E-state index contributed by atoms with van der Waals surface area (Å²) in [7, 11) is 1.51. The molecule has 1 aromatic carbocycles. The van der Waals surface area contributed by atoms with E-state index in [4.69, 9.17) is 14.7 Å². The van der Waals surface area contributed by atoms with Gasteiger partial charge in [0.15, 0.2) is 0 Å². The Morgan fingerprint density at radius 3 is 2.84 bits per heavy atom. The molecule has 0 heterocycles. The molecule has 0 atom stereocenters. The van der Waals surface area contributed by atoms with Gasteiger partial charge in [-0.2, -0.15) is 5.26 Å². The minimum absolute atomic E-state index is 0.234. The van der Waals surface area contributed by atoms with Gasteiger partial charge in [0.1, 0.15) is 18.4 Å². The number of rotatable bonds is 8. The van der Waals surface area contributed by atoms with Crippen LogP contribution in [0.5, 0.6) is 5.75 Å². The molecule has 0 unspecified atom stereocenters. The molecule has 0 saturated carbocycles. The number of halogens is 2. The lowest BCUT2D eigenvalue weighted by atomic mass is 10.1. The van der Waals surface area contributed by atoms with E-state index in [1.165, 1.54) is 7.11 Å². The lowest BCUT2D eigenvalue weighted by molar-refractivity contribution is 0.0187. The molecule has 1 N–H and O–H groups in total. The van der Waals surface area contributed by atoms with Crippen LogP contribution in [-0.4, -0.2) is 33.3 Å². The van der Waals surface area contributed by atoms with Crippen LogP contribution in [-0.2, 0) is 11.3 Å². The van der Waals surface area contributed by atoms with Crippen LogP contribution in [0.4, 0.5) is 8.78 Å². The molecular weight excluding hydrogens is 254 g/mol. The minimum Gasteiger partial charge on any atom is -0.495 e. The highest BCUT2D eigenvalue weighted by molar-refractivity contribution is 5.45. The Morgan fingerprint density at radius 1 is 1.42 bits per heavy atom. The molecule has 0 aromatic heterocycles. The van der Waals surface area contributed by atoms with Gasteiger partial charge in [-0.05, 0) is 17.7 Å². The summed E-state index contributed by atoms with van der Waals surface area (Å²) in [4.78, 5) is 0. The molecule has 1 aromatic rings. The van der Waals surface area contributed by atoms with Crippen molar-refractivity contribution in [1.29, 1.82) is 5.26 Å². The maximum atomic E-state index is 11.8. The van der Waals surface area contributed by atoms with Gasteiger partial charge in [0.05, 0.1) is 19.3 Å². The van der Waals surface area contributed by atoms with Gasteiger partial charge in [-0.25, -0.2) is 8.78 Å². The summed E-state index contributed by atoms with van der Waals surface area (Å²) < 4.78 is 33.4. The molecule has 0 fully saturated rings. The van der Waals surface area contributed by atoms with Crippen molar-refractivity contribution in [2.75, 3.05) is 26.9 Å². The SMILES string of the molecule is COc1cc(CNCCOCC(F)F)ccc1C#N. The van der Waals surface area contributed by atoms with E-state index in [2.05, 4.69) is 5.32 Å². The fourth-order valence-corrected chi connectivity index (χ4v) is 1.49. The quantitative estimate of drug-likeness (QED) is 0.733. The lowest BCUT2D eigenvalue weighted by Gasteiger charge is -2.08. The molecule has 1 rings (SSSR count). The normalized spacial score (nSPS) is 10.5. The Balaban J connectivity index is 2.32. The molecule has 0 aliphatic carbocycles. The average Bonchev–Trinajstić information content (AvgIpc) is 2.42. The largest absolute Gasteiger partial charge is 0.495 e. The summed E-state index contributed by atoms with van der Waals surface area (Å²) in [5, 5.41) is 11.9. The Labute approximate surface area is 110 Å². The molecule has 6 heteroatoms. The van der Waals surface area contributed by atoms with Crippen molar-refractivity contribution in [2.24, 2.45) is 0 Å². The highest BCUT2D eigenvalue weighted by Crippen LogP contribution is 2.18. The summed E-state index contributed by atoms with van der Waals surface area (Å²) >= 11 is 0. The zero-order valence-corrected chi connectivity index (χ0v) is 10.7. The maximum Gasteiger partial charge on any atom is 0.261 e. The van der Waals surface area contributed by atoms with Crippen molar-refractivity contribution >= 4 is 0 Å². The number of ether oxygens (including phenoxy) is 2. The molecule has 0 saturated heterocycles. The number of benzene rings is 1. The fourth-order valence-electron chi connectivity index (χ4n) is 1.49. The molecule has 0 amide bonds. The molecule has 0 radical (unpaired) electrons. The van der Waals surface area contributed by atoms with Crippen molar-refractivity contribution in [3.63, 3.8) is 0 Å². The van der Waals surface area contributed by atoms with E-state index in [9.17, 15) is 8.78 Å². The van der Waals surface area contributed by atoms with Crippen molar-refractivity contribution in [1.82, 2.24) is 5.32 Å². The Morgan fingerprint density at radius 2 is 2.21 bits per heavy atom. The minimum atomic E-state index is -2.43. The molecule has 0 spiro atoms. The van der Waals surface area contributed by atoms with E-state index < -0.39 is 13.0 Å². The second-order valence-electron chi connectivity index (χ2n) is 3.79. The van der Waals surface area contributed by atoms with E-state index in [1.54, 1.807) is 12.1 Å². The van der Waals surface area contributed by atoms with Crippen LogP contribution >= 0.6 is 0 Å². The standard InChI is InChI=1S/C13H16F2N2O2/c1-18-12-6-10(2-3-11(12)7-16)8-17-4-5-19-9-13(14)15/h2-3,6,13,17H,4-5,8-9H2,1H3. The zero-order chi connectivity index (χ0) is 14.1. The fraction of sp³-hybridized carbons (Fsp3) is 0.462. The van der Waals surface area contributed by atoms with Gasteiger partial charge >= 0.3 is 0 Å². The van der Waals surface area contributed by atoms with E-state index in [0.29, 0.717) is 24.4 Å². The van der Waals surface area contributed by atoms with Gasteiger partial charge < -0.3 is 14.8 Å². The molecule has 19 heavy (non-hydrogen) atoms. The molecule has 4 nitrogen and oxygen atoms in total. The zero-order valence-electron chi connectivity index (χ0n) is 10.7. The number of nitrogens with one attached hydrogen (secondary N) is 1. The summed E-state index contributed by atoms with van der Waals surface area (Å²) in [6, 6.07) is 7.30. The predicted octanol–water partition coefficient (Wildman–Crippen LogP) is 1.94. The number of nitrogens with zero attached hydrogens (tertiary/aromatic N) is 1. The van der Waals surface area contributed by atoms with E-state index in [-0.39, 0.29) is 6.61 Å². The maximum absolute atomic E-state index is 11.8. The second kappa shape index (κ2) is 8.40. The van der Waals surface area contributed by atoms with Gasteiger partial charge in [0, 0.05) is 13.1 Å². The van der Waals surface area contributed by atoms with Crippen LogP contribution in [0.1, 0.15) is 11.1 Å². The predicted molar refractivity (Wildman–Crippen MR) is 66.2 cm³/mol. The summed E-state index contributed by atoms with van der Waals surface area (Å²) in [6.07, 6.45) is -2.43. The first-order valence-corrected chi connectivity index (χ1v) is 5.81. The van der Waals surface area contributed by atoms with Gasteiger partial charge in [-0.1, -0.05) is 6.07 Å². The molecule has 0 bridgehead atoms. The lowest BCUT2D eigenvalue weighted by Crippen LogP contribution is -2.20. The highest BCUT2D eigenvalue weighted by atomic mass is 19.3. The summed E-state index contributed by atoms with van der Waals surface area (Å²) in [5.74, 6) is 0.524. The molecule has 0 aliphatic rings. The van der Waals surface area contributed by atoms with Crippen LogP contribution < -0.4 is 10.1 Å². The van der Waals surface area contributed by atoms with E-state index in [1.807, 2.05) is 12.1 Å². The van der Waals surface area contributed by atoms with Crippen molar-refractivity contribution in [2.45, 2.75) is 13.0 Å². The first kappa shape index (κ1) is 15.3. The number of methoxy groups -OCH3 is 1. The topological polar surface area (TPSA) is 54.3 Å². The summed E-state index contributed by atoms with van der Waals surface area (Å²) in [5.41, 5.74) is 1.43. The third-order valence-corrected chi connectivity index (χ3v) is 2.38. The molecular formula is C13H16F2N2O2. The van der Waals surface area contributed by atoms with Crippen LogP contribution in [0.25, 0.3) is 0 Å². The third-order valence-electron chi connectivity index (χ3n) is 2.38. The van der Waals surface area contributed by atoms with Crippen LogP contribution in [0.2, 0.25) is 0 Å². The third kappa shape index (κ3) is 5.64. The van der Waals surface area contributed by atoms with Gasteiger partial charge in [0.2, 0.25) is 0 Å². The van der Waals surface area contributed by atoms with Crippen LogP contribution in [0.15, 0.2) is 18.2 Å². The van der Waals surface area contributed by atoms with Gasteiger partial charge in [-0.15, -0.1) is 0 Å². The van der Waals surface area contributed by atoms with E-state index >= 15 is 0 Å². The molecule has 104 valence electrons.